The van der Waals surface area contributed by atoms with E-state index >= 15 is 0 Å². The molecule has 3 aromatic rings. The number of anilines is 1. The van der Waals surface area contributed by atoms with Crippen molar-refractivity contribution in [2.45, 2.75) is 38.3 Å². The van der Waals surface area contributed by atoms with Gasteiger partial charge in [0.1, 0.15) is 16.5 Å². The van der Waals surface area contributed by atoms with Gasteiger partial charge in [0.15, 0.2) is 9.84 Å². The standard InChI is InChI=1S/C22H28N4O3S2/c1-14-16(3)30-22-20(14)21(24-19(25-22)13-26-9-11-29-12-10-26)23-15(2)17-5-7-18(8-6-17)31(4,27)28/h5-8,15H,9-13H2,1-4H3,(H,23,24,25)/t15-/m1/s1. The first kappa shape index (κ1) is 22.1. The lowest BCUT2D eigenvalue weighted by Crippen LogP contribution is -2.36. The van der Waals surface area contributed by atoms with Crippen LogP contribution < -0.4 is 5.32 Å². The van der Waals surface area contributed by atoms with Crippen molar-refractivity contribution in [2.75, 3.05) is 37.9 Å². The second kappa shape index (κ2) is 8.82. The quantitative estimate of drug-likeness (QED) is 0.600. The van der Waals surface area contributed by atoms with Crippen molar-refractivity contribution in [3.05, 3.63) is 46.1 Å². The maximum Gasteiger partial charge on any atom is 0.175 e. The third-order valence-corrected chi connectivity index (χ3v) is 7.93. The van der Waals surface area contributed by atoms with Crippen LogP contribution >= 0.6 is 11.3 Å². The summed E-state index contributed by atoms with van der Waals surface area (Å²) in [4.78, 5) is 14.6. The number of rotatable bonds is 6. The zero-order valence-corrected chi connectivity index (χ0v) is 19.9. The van der Waals surface area contributed by atoms with Crippen LogP contribution in [0.4, 0.5) is 5.82 Å². The molecule has 4 rings (SSSR count). The van der Waals surface area contributed by atoms with Gasteiger partial charge in [-0.1, -0.05) is 12.1 Å². The molecule has 1 aliphatic rings. The lowest BCUT2D eigenvalue weighted by Gasteiger charge is -2.26. The summed E-state index contributed by atoms with van der Waals surface area (Å²) in [5.74, 6) is 1.63. The monoisotopic (exact) mass is 460 g/mol. The second-order valence-electron chi connectivity index (χ2n) is 8.05. The number of fused-ring (bicyclic) bond motifs is 1. The second-order valence-corrected chi connectivity index (χ2v) is 11.3. The van der Waals surface area contributed by atoms with E-state index in [0.29, 0.717) is 11.4 Å². The van der Waals surface area contributed by atoms with E-state index in [1.54, 1.807) is 23.5 Å². The van der Waals surface area contributed by atoms with Crippen LogP contribution in [0.2, 0.25) is 0 Å². The van der Waals surface area contributed by atoms with Crippen molar-refractivity contribution >= 4 is 37.2 Å². The summed E-state index contributed by atoms with van der Waals surface area (Å²) in [7, 11) is -3.21. The third kappa shape index (κ3) is 4.90. The molecule has 0 saturated carbocycles. The van der Waals surface area contributed by atoms with Gasteiger partial charge in [-0.3, -0.25) is 4.90 Å². The van der Waals surface area contributed by atoms with E-state index in [-0.39, 0.29) is 6.04 Å². The highest BCUT2D eigenvalue weighted by Crippen LogP contribution is 2.35. The van der Waals surface area contributed by atoms with E-state index in [0.717, 1.165) is 53.7 Å². The molecule has 0 unspecified atom stereocenters. The summed E-state index contributed by atoms with van der Waals surface area (Å²) in [5.41, 5.74) is 2.19. The Kier molecular flexibility index (Phi) is 6.30. The van der Waals surface area contributed by atoms with E-state index in [1.807, 2.05) is 12.1 Å². The fourth-order valence-electron chi connectivity index (χ4n) is 3.72. The van der Waals surface area contributed by atoms with E-state index in [4.69, 9.17) is 14.7 Å². The molecule has 3 heterocycles. The number of morpholine rings is 1. The smallest absolute Gasteiger partial charge is 0.175 e. The minimum absolute atomic E-state index is 0.0393. The molecule has 1 N–H and O–H groups in total. The molecule has 1 aromatic carbocycles. The third-order valence-electron chi connectivity index (χ3n) is 5.71. The van der Waals surface area contributed by atoms with Crippen LogP contribution in [0.15, 0.2) is 29.2 Å². The molecule has 0 radical (unpaired) electrons. The molecule has 0 spiro atoms. The van der Waals surface area contributed by atoms with Crippen LogP contribution in [0.25, 0.3) is 10.2 Å². The van der Waals surface area contributed by atoms with Crippen LogP contribution in [-0.4, -0.2) is 55.8 Å². The van der Waals surface area contributed by atoms with Gasteiger partial charge < -0.3 is 10.1 Å². The molecule has 166 valence electrons. The highest BCUT2D eigenvalue weighted by atomic mass is 32.2. The number of nitrogens with zero attached hydrogens (tertiary/aromatic N) is 3. The Hall–Kier alpha value is -2.07. The number of nitrogens with one attached hydrogen (secondary N) is 1. The average Bonchev–Trinajstić information content (AvgIpc) is 3.02. The van der Waals surface area contributed by atoms with E-state index in [1.165, 1.54) is 16.7 Å². The Bertz CT molecular complexity index is 1180. The summed E-state index contributed by atoms with van der Waals surface area (Å²) in [6.07, 6.45) is 1.22. The van der Waals surface area contributed by atoms with E-state index in [2.05, 4.69) is 31.0 Å². The van der Waals surface area contributed by atoms with Gasteiger partial charge in [0.25, 0.3) is 0 Å². The van der Waals surface area contributed by atoms with Crippen molar-refractivity contribution in [3.63, 3.8) is 0 Å². The fourth-order valence-corrected chi connectivity index (χ4v) is 5.40. The summed E-state index contributed by atoms with van der Waals surface area (Å²) in [6, 6.07) is 6.98. The largest absolute Gasteiger partial charge is 0.379 e. The highest BCUT2D eigenvalue weighted by molar-refractivity contribution is 7.90. The topological polar surface area (TPSA) is 84.4 Å². The van der Waals surface area contributed by atoms with Gasteiger partial charge in [-0.25, -0.2) is 18.4 Å². The highest BCUT2D eigenvalue weighted by Gasteiger charge is 2.19. The first-order valence-electron chi connectivity index (χ1n) is 10.4. The molecule has 0 aliphatic carbocycles. The normalized spacial score (nSPS) is 16.5. The van der Waals surface area contributed by atoms with E-state index < -0.39 is 9.84 Å². The molecule has 7 nitrogen and oxygen atoms in total. The van der Waals surface area contributed by atoms with Gasteiger partial charge in [-0.15, -0.1) is 11.3 Å². The van der Waals surface area contributed by atoms with Crippen LogP contribution in [0.5, 0.6) is 0 Å². The molecular weight excluding hydrogens is 432 g/mol. The van der Waals surface area contributed by atoms with Gasteiger partial charge >= 0.3 is 0 Å². The molecule has 1 aliphatic heterocycles. The predicted octanol–water partition coefficient (Wildman–Crippen LogP) is 3.72. The Morgan fingerprint density at radius 1 is 1.16 bits per heavy atom. The van der Waals surface area contributed by atoms with Crippen molar-refractivity contribution < 1.29 is 13.2 Å². The zero-order chi connectivity index (χ0) is 22.2. The molecule has 1 saturated heterocycles. The Balaban J connectivity index is 1.64. The minimum atomic E-state index is -3.21. The van der Waals surface area contributed by atoms with Gasteiger partial charge in [0.2, 0.25) is 0 Å². The number of thiophene rings is 1. The molecule has 31 heavy (non-hydrogen) atoms. The van der Waals surface area contributed by atoms with Gasteiger partial charge in [-0.05, 0) is 44.0 Å². The Labute approximate surface area is 187 Å². The molecule has 2 aromatic heterocycles. The summed E-state index contributed by atoms with van der Waals surface area (Å²) >= 11 is 1.70. The molecule has 1 fully saturated rings. The Morgan fingerprint density at radius 2 is 1.84 bits per heavy atom. The summed E-state index contributed by atoms with van der Waals surface area (Å²) in [5, 5.41) is 4.62. The number of sulfone groups is 1. The van der Waals surface area contributed by atoms with Crippen molar-refractivity contribution in [1.82, 2.24) is 14.9 Å². The lowest BCUT2D eigenvalue weighted by atomic mass is 10.1. The molecule has 1 atom stereocenters. The molecule has 0 bridgehead atoms. The maximum atomic E-state index is 11.7. The minimum Gasteiger partial charge on any atom is -0.379 e. The average molecular weight is 461 g/mol. The number of hydrogen-bond acceptors (Lipinski definition) is 8. The van der Waals surface area contributed by atoms with Crippen molar-refractivity contribution in [3.8, 4) is 0 Å². The van der Waals surface area contributed by atoms with Gasteiger partial charge in [-0.2, -0.15) is 0 Å². The van der Waals surface area contributed by atoms with Gasteiger partial charge in [0.05, 0.1) is 30.0 Å². The summed E-state index contributed by atoms with van der Waals surface area (Å²) in [6.45, 7) is 10.2. The number of ether oxygens (including phenoxy) is 1. The van der Waals surface area contributed by atoms with Crippen LogP contribution in [0, 0.1) is 13.8 Å². The lowest BCUT2D eigenvalue weighted by molar-refractivity contribution is 0.0331. The number of hydrogen-bond donors (Lipinski definition) is 1. The number of aromatic nitrogens is 2. The van der Waals surface area contributed by atoms with Gasteiger partial charge in [0, 0.05) is 30.3 Å². The predicted molar refractivity (Wildman–Crippen MR) is 125 cm³/mol. The number of aryl methyl sites for hydroxylation is 2. The summed E-state index contributed by atoms with van der Waals surface area (Å²) < 4.78 is 28.9. The maximum absolute atomic E-state index is 11.7. The fraction of sp³-hybridized carbons (Fsp3) is 0.455. The molecule has 0 amide bonds. The Morgan fingerprint density at radius 3 is 2.48 bits per heavy atom. The first-order valence-corrected chi connectivity index (χ1v) is 13.1. The zero-order valence-electron chi connectivity index (χ0n) is 18.3. The van der Waals surface area contributed by atoms with E-state index in [9.17, 15) is 8.42 Å². The molecule has 9 heteroatoms. The van der Waals surface area contributed by atoms with Crippen molar-refractivity contribution in [1.29, 1.82) is 0 Å². The SMILES string of the molecule is Cc1sc2nc(CN3CCOCC3)nc(N[C@H](C)c3ccc(S(C)(=O)=O)cc3)c2c1C. The number of benzene rings is 1. The van der Waals surface area contributed by atoms with Crippen molar-refractivity contribution in [2.24, 2.45) is 0 Å². The van der Waals surface area contributed by atoms with Crippen LogP contribution in [-0.2, 0) is 21.1 Å². The first-order chi connectivity index (χ1) is 14.7. The van der Waals surface area contributed by atoms with Crippen LogP contribution in [0.1, 0.15) is 34.8 Å². The van der Waals surface area contributed by atoms with Crippen LogP contribution in [0.3, 0.4) is 0 Å². The molecular formula is C22H28N4O3S2.